The highest BCUT2D eigenvalue weighted by Gasteiger charge is 1.93. The second kappa shape index (κ2) is 26.6. The lowest BCUT2D eigenvalue weighted by Crippen LogP contribution is -2.31. The number of nitrogens with two attached hydrogens (primary N) is 2. The van der Waals surface area contributed by atoms with Crippen molar-refractivity contribution in [2.75, 3.05) is 39.3 Å². The zero-order chi connectivity index (χ0) is 20.4. The Bertz CT molecular complexity index is 294. The van der Waals surface area contributed by atoms with Crippen LogP contribution in [0.5, 0.6) is 0 Å². The first kappa shape index (κ1) is 27.6. The van der Waals surface area contributed by atoms with Crippen molar-refractivity contribution >= 4 is 0 Å². The summed E-state index contributed by atoms with van der Waals surface area (Å²) < 4.78 is 0. The van der Waals surface area contributed by atoms with Gasteiger partial charge in [-0.3, -0.25) is 0 Å². The molecule has 0 atom stereocenters. The van der Waals surface area contributed by atoms with Gasteiger partial charge in [-0.15, -0.1) is 0 Å². The fourth-order valence-corrected chi connectivity index (χ4v) is 3.45. The molecule has 0 amide bonds. The van der Waals surface area contributed by atoms with E-state index in [9.17, 15) is 0 Å². The molecule has 28 heavy (non-hydrogen) atoms. The number of hydrogen-bond acceptors (Lipinski definition) is 4. The van der Waals surface area contributed by atoms with Crippen LogP contribution < -0.4 is 22.1 Å². The summed E-state index contributed by atoms with van der Waals surface area (Å²) in [5.74, 6) is 0. The van der Waals surface area contributed by atoms with Crippen LogP contribution in [-0.2, 0) is 0 Å². The Morgan fingerprint density at radius 3 is 1.32 bits per heavy atom. The molecule has 0 aromatic carbocycles. The molecule has 0 saturated heterocycles. The number of rotatable bonds is 24. The fraction of sp³-hybridized carbons (Fsp3) is 0.917. The van der Waals surface area contributed by atoms with Crippen LogP contribution in [0.4, 0.5) is 0 Å². The largest absolute Gasteiger partial charge is 0.330 e. The summed E-state index contributed by atoms with van der Waals surface area (Å²) in [6, 6.07) is 0. The normalized spacial score (nSPS) is 11.6. The lowest BCUT2D eigenvalue weighted by molar-refractivity contribution is 0.545. The minimum absolute atomic E-state index is 0.729. The van der Waals surface area contributed by atoms with Crippen LogP contribution in [0, 0.1) is 0 Å². The third-order valence-corrected chi connectivity index (χ3v) is 5.27. The average molecular weight is 397 g/mol. The van der Waals surface area contributed by atoms with Crippen LogP contribution in [0.2, 0.25) is 0 Å². The highest BCUT2D eigenvalue weighted by molar-refractivity contribution is 4.81. The van der Waals surface area contributed by atoms with Crippen molar-refractivity contribution in [2.24, 2.45) is 11.5 Å². The van der Waals surface area contributed by atoms with Crippen molar-refractivity contribution in [2.45, 2.75) is 103 Å². The van der Waals surface area contributed by atoms with Crippen LogP contribution >= 0.6 is 0 Å². The summed E-state index contributed by atoms with van der Waals surface area (Å²) in [5, 5.41) is 6.79. The van der Waals surface area contributed by atoms with Crippen molar-refractivity contribution < 1.29 is 0 Å². The first-order chi connectivity index (χ1) is 13.9. The maximum absolute atomic E-state index is 5.51. The van der Waals surface area contributed by atoms with Crippen LogP contribution in [0.25, 0.3) is 0 Å². The van der Waals surface area contributed by atoms with Crippen molar-refractivity contribution in [3.8, 4) is 0 Å². The van der Waals surface area contributed by atoms with Gasteiger partial charge in [-0.2, -0.15) is 0 Å². The number of unbranched alkanes of at least 4 members (excludes halogenated alkanes) is 14. The molecular formula is C24H52N4. The molecule has 0 rings (SSSR count). The number of allylic oxidation sites excluding steroid dienone is 2. The third kappa shape index (κ3) is 25.6. The molecule has 0 heterocycles. The molecule has 0 aliphatic rings. The van der Waals surface area contributed by atoms with Gasteiger partial charge in [0.05, 0.1) is 0 Å². The summed E-state index contributed by atoms with van der Waals surface area (Å²) in [4.78, 5) is 0. The van der Waals surface area contributed by atoms with Gasteiger partial charge < -0.3 is 22.1 Å². The summed E-state index contributed by atoms with van der Waals surface area (Å²) in [5.41, 5.74) is 10.9. The monoisotopic (exact) mass is 396 g/mol. The predicted molar refractivity (Wildman–Crippen MR) is 127 cm³/mol. The van der Waals surface area contributed by atoms with Crippen molar-refractivity contribution in [1.82, 2.24) is 10.6 Å². The zero-order valence-electron chi connectivity index (χ0n) is 18.9. The number of nitrogens with one attached hydrogen (secondary N) is 2. The van der Waals surface area contributed by atoms with Gasteiger partial charge in [0.2, 0.25) is 0 Å². The Labute approximate surface area is 176 Å². The van der Waals surface area contributed by atoms with E-state index in [1.165, 1.54) is 103 Å². The lowest BCUT2D eigenvalue weighted by Gasteiger charge is -2.06. The van der Waals surface area contributed by atoms with Crippen LogP contribution in [0.1, 0.15) is 103 Å². The van der Waals surface area contributed by atoms with Gasteiger partial charge in [0, 0.05) is 26.2 Å². The van der Waals surface area contributed by atoms with Crippen LogP contribution in [-0.4, -0.2) is 39.3 Å². The fourth-order valence-electron chi connectivity index (χ4n) is 3.45. The van der Waals surface area contributed by atoms with E-state index in [-0.39, 0.29) is 0 Å². The molecule has 0 radical (unpaired) electrons. The van der Waals surface area contributed by atoms with Gasteiger partial charge in [-0.1, -0.05) is 76.4 Å². The Kier molecular flexibility index (Phi) is 26.2. The Hall–Kier alpha value is -0.420. The summed E-state index contributed by atoms with van der Waals surface area (Å²) in [7, 11) is 0. The van der Waals surface area contributed by atoms with Gasteiger partial charge in [0.15, 0.2) is 0 Å². The van der Waals surface area contributed by atoms with Crippen LogP contribution in [0.3, 0.4) is 0 Å². The number of hydrogen-bond donors (Lipinski definition) is 4. The van der Waals surface area contributed by atoms with E-state index < -0.39 is 0 Å². The molecule has 0 unspecified atom stereocenters. The SMILES string of the molecule is NCCCCCCCCC=CCCCCCCCCCCNCCNCCN. The Balaban J connectivity index is 3.04. The highest BCUT2D eigenvalue weighted by Crippen LogP contribution is 2.11. The molecule has 0 aliphatic carbocycles. The van der Waals surface area contributed by atoms with Gasteiger partial charge in [-0.25, -0.2) is 0 Å². The van der Waals surface area contributed by atoms with E-state index >= 15 is 0 Å². The smallest absolute Gasteiger partial charge is 0.00772 e. The van der Waals surface area contributed by atoms with E-state index in [0.717, 1.165) is 39.3 Å². The highest BCUT2D eigenvalue weighted by atomic mass is 14.9. The van der Waals surface area contributed by atoms with E-state index in [2.05, 4.69) is 22.8 Å². The van der Waals surface area contributed by atoms with E-state index in [0.29, 0.717) is 0 Å². The molecule has 4 nitrogen and oxygen atoms in total. The van der Waals surface area contributed by atoms with E-state index in [4.69, 9.17) is 11.5 Å². The summed E-state index contributed by atoms with van der Waals surface area (Å²) >= 11 is 0. The Morgan fingerprint density at radius 1 is 0.393 bits per heavy atom. The van der Waals surface area contributed by atoms with Gasteiger partial charge >= 0.3 is 0 Å². The van der Waals surface area contributed by atoms with Gasteiger partial charge in [0.25, 0.3) is 0 Å². The Morgan fingerprint density at radius 2 is 0.821 bits per heavy atom. The summed E-state index contributed by atoms with van der Waals surface area (Å²) in [6.07, 6.45) is 26.5. The second-order valence-electron chi connectivity index (χ2n) is 8.08. The second-order valence-corrected chi connectivity index (χ2v) is 8.08. The zero-order valence-corrected chi connectivity index (χ0v) is 18.9. The first-order valence-corrected chi connectivity index (χ1v) is 12.4. The molecule has 168 valence electrons. The average Bonchev–Trinajstić information content (AvgIpc) is 2.71. The predicted octanol–water partition coefficient (Wildman–Crippen LogP) is 4.88. The molecule has 0 fully saturated rings. The van der Waals surface area contributed by atoms with Gasteiger partial charge in [0.1, 0.15) is 0 Å². The van der Waals surface area contributed by atoms with E-state index in [1.54, 1.807) is 0 Å². The standard InChI is InChI=1S/C24H52N4/c25-19-17-15-13-11-9-7-5-3-1-2-4-6-8-10-12-14-16-18-21-27-23-24-28-22-20-26/h1,3,27-28H,2,4-26H2. The summed E-state index contributed by atoms with van der Waals surface area (Å²) in [6.45, 7) is 5.76. The van der Waals surface area contributed by atoms with Crippen molar-refractivity contribution in [3.05, 3.63) is 12.2 Å². The minimum Gasteiger partial charge on any atom is -0.330 e. The first-order valence-electron chi connectivity index (χ1n) is 12.4. The molecule has 4 heteroatoms. The molecule has 0 saturated carbocycles. The lowest BCUT2D eigenvalue weighted by atomic mass is 10.1. The molecule has 0 spiro atoms. The maximum atomic E-state index is 5.51. The van der Waals surface area contributed by atoms with Crippen molar-refractivity contribution in [1.29, 1.82) is 0 Å². The topological polar surface area (TPSA) is 76.1 Å². The third-order valence-electron chi connectivity index (χ3n) is 5.27. The quantitative estimate of drug-likeness (QED) is 0.138. The molecule has 6 N–H and O–H groups in total. The van der Waals surface area contributed by atoms with Crippen LogP contribution in [0.15, 0.2) is 12.2 Å². The van der Waals surface area contributed by atoms with Gasteiger partial charge in [-0.05, 0) is 51.6 Å². The molecular weight excluding hydrogens is 344 g/mol. The van der Waals surface area contributed by atoms with Crippen molar-refractivity contribution in [3.63, 3.8) is 0 Å². The molecule has 0 bridgehead atoms. The van der Waals surface area contributed by atoms with E-state index in [1.807, 2.05) is 0 Å². The molecule has 0 aromatic rings. The maximum Gasteiger partial charge on any atom is 0.00772 e. The molecule has 0 aliphatic heterocycles. The minimum atomic E-state index is 0.729. The molecule has 0 aromatic heterocycles.